The number of aromatic nitrogens is 1. The van der Waals surface area contributed by atoms with Crippen LogP contribution in [-0.2, 0) is 10.3 Å². The van der Waals surface area contributed by atoms with Crippen molar-refractivity contribution < 1.29 is 4.79 Å². The number of para-hydroxylation sites is 1. The van der Waals surface area contributed by atoms with E-state index in [1.54, 1.807) is 0 Å². The molecule has 4 heteroatoms. The van der Waals surface area contributed by atoms with Crippen molar-refractivity contribution in [3.63, 3.8) is 0 Å². The summed E-state index contributed by atoms with van der Waals surface area (Å²) in [5.74, 6) is 0. The Morgan fingerprint density at radius 1 is 1.00 bits per heavy atom. The van der Waals surface area contributed by atoms with Gasteiger partial charge >= 0.3 is 0 Å². The third-order valence-corrected chi connectivity index (χ3v) is 3.47. The topological polar surface area (TPSA) is 58.9 Å². The minimum Gasteiger partial charge on any atom is -0.361 e. The van der Waals surface area contributed by atoms with Gasteiger partial charge in [0.2, 0.25) is 0 Å². The lowest BCUT2D eigenvalue weighted by atomic mass is 9.85. The molecule has 102 valence electrons. The number of aromatic amines is 1. The van der Waals surface area contributed by atoms with Crippen molar-refractivity contribution in [1.29, 1.82) is 0 Å². The number of hydrogen-bond acceptors (Lipinski definition) is 2. The number of nitrogens with one attached hydrogen (secondary N) is 1. The first-order valence-electron chi connectivity index (χ1n) is 6.13. The highest BCUT2D eigenvalue weighted by Gasteiger charge is 2.31. The molecule has 0 fully saturated rings. The Bertz CT molecular complexity index is 723. The molecule has 1 unspecified atom stereocenters. The molecule has 0 aliphatic carbocycles. The Balaban J connectivity index is 0.00000147. The number of carbonyl (C=O) groups is 1. The molecular formula is C16H15ClN2O. The Labute approximate surface area is 123 Å². The van der Waals surface area contributed by atoms with Crippen LogP contribution in [0.25, 0.3) is 10.9 Å². The van der Waals surface area contributed by atoms with E-state index < -0.39 is 5.54 Å². The summed E-state index contributed by atoms with van der Waals surface area (Å²) in [6, 6.07) is 17.2. The first-order chi connectivity index (χ1) is 9.25. The van der Waals surface area contributed by atoms with Gasteiger partial charge in [-0.05, 0) is 11.6 Å². The Hall–Kier alpha value is -2.10. The first-order valence-corrected chi connectivity index (χ1v) is 6.13. The number of aldehydes is 1. The molecular weight excluding hydrogens is 272 g/mol. The van der Waals surface area contributed by atoms with E-state index in [4.69, 9.17) is 5.73 Å². The maximum atomic E-state index is 11.6. The molecule has 1 atom stereocenters. The highest BCUT2D eigenvalue weighted by molar-refractivity contribution is 5.90. The van der Waals surface area contributed by atoms with Crippen molar-refractivity contribution in [2.24, 2.45) is 5.73 Å². The quantitative estimate of drug-likeness (QED) is 0.727. The minimum absolute atomic E-state index is 0. The van der Waals surface area contributed by atoms with Crippen LogP contribution in [-0.4, -0.2) is 11.3 Å². The molecule has 0 spiro atoms. The zero-order valence-electron chi connectivity index (χ0n) is 10.7. The summed E-state index contributed by atoms with van der Waals surface area (Å²) < 4.78 is 0. The third kappa shape index (κ3) is 2.11. The highest BCUT2D eigenvalue weighted by Crippen LogP contribution is 2.30. The van der Waals surface area contributed by atoms with Crippen LogP contribution in [0, 0.1) is 0 Å². The molecule has 0 saturated heterocycles. The molecule has 0 aliphatic heterocycles. The van der Waals surface area contributed by atoms with E-state index in [-0.39, 0.29) is 12.4 Å². The van der Waals surface area contributed by atoms with Gasteiger partial charge < -0.3 is 15.5 Å². The fourth-order valence-corrected chi connectivity index (χ4v) is 2.41. The second-order valence-corrected chi connectivity index (χ2v) is 4.60. The van der Waals surface area contributed by atoms with Gasteiger partial charge in [0.15, 0.2) is 0 Å². The average Bonchev–Trinajstić information content (AvgIpc) is 2.92. The molecule has 0 radical (unpaired) electrons. The molecule has 3 aromatic rings. The maximum absolute atomic E-state index is 11.6. The fourth-order valence-electron chi connectivity index (χ4n) is 2.41. The number of rotatable bonds is 3. The van der Waals surface area contributed by atoms with Gasteiger partial charge in [-0.15, -0.1) is 12.4 Å². The molecule has 3 N–H and O–H groups in total. The van der Waals surface area contributed by atoms with Gasteiger partial charge in [0.05, 0.1) is 0 Å². The lowest BCUT2D eigenvalue weighted by Crippen LogP contribution is -2.39. The smallest absolute Gasteiger partial charge is 0.149 e. The van der Waals surface area contributed by atoms with Crippen LogP contribution in [0.1, 0.15) is 11.1 Å². The van der Waals surface area contributed by atoms with Gasteiger partial charge in [0.25, 0.3) is 0 Å². The Morgan fingerprint density at radius 2 is 1.65 bits per heavy atom. The molecule has 2 aromatic carbocycles. The summed E-state index contributed by atoms with van der Waals surface area (Å²) in [7, 11) is 0. The number of hydrogen-bond donors (Lipinski definition) is 2. The standard InChI is InChI=1S/C16H14N2O.ClH/c17-16(11-19,12-6-2-1-3-7-12)14-10-18-15-9-5-4-8-13(14)15;/h1-11,18H,17H2;1H. The van der Waals surface area contributed by atoms with Crippen molar-refractivity contribution in [3.05, 3.63) is 71.9 Å². The number of benzene rings is 2. The SMILES string of the molecule is Cl.NC(C=O)(c1ccccc1)c1c[nH]c2ccccc12. The normalized spacial score (nSPS) is 13.4. The molecule has 0 bridgehead atoms. The zero-order valence-corrected chi connectivity index (χ0v) is 11.6. The molecule has 1 aromatic heterocycles. The van der Waals surface area contributed by atoms with E-state index in [0.29, 0.717) is 0 Å². The van der Waals surface area contributed by atoms with Crippen molar-refractivity contribution in [1.82, 2.24) is 4.98 Å². The van der Waals surface area contributed by atoms with E-state index in [1.807, 2.05) is 60.8 Å². The number of nitrogens with two attached hydrogens (primary N) is 1. The molecule has 0 saturated carbocycles. The predicted octanol–water partition coefficient (Wildman–Crippen LogP) is 2.99. The second-order valence-electron chi connectivity index (χ2n) is 4.60. The first kappa shape index (κ1) is 14.3. The molecule has 3 nitrogen and oxygen atoms in total. The Kier molecular flexibility index (Phi) is 3.93. The fraction of sp³-hybridized carbons (Fsp3) is 0.0625. The number of H-pyrrole nitrogens is 1. The number of carbonyl (C=O) groups excluding carboxylic acids is 1. The zero-order chi connectivity index (χ0) is 13.3. The average molecular weight is 287 g/mol. The summed E-state index contributed by atoms with van der Waals surface area (Å²) in [4.78, 5) is 14.8. The largest absolute Gasteiger partial charge is 0.361 e. The number of halogens is 1. The van der Waals surface area contributed by atoms with Crippen LogP contribution in [0.4, 0.5) is 0 Å². The van der Waals surface area contributed by atoms with E-state index in [0.717, 1.165) is 28.3 Å². The second kappa shape index (κ2) is 5.49. The van der Waals surface area contributed by atoms with Gasteiger partial charge in [-0.25, -0.2) is 0 Å². The van der Waals surface area contributed by atoms with E-state index in [9.17, 15) is 4.79 Å². The minimum atomic E-state index is -1.12. The van der Waals surface area contributed by atoms with E-state index in [2.05, 4.69) is 4.98 Å². The summed E-state index contributed by atoms with van der Waals surface area (Å²) in [5.41, 5.74) is 7.80. The highest BCUT2D eigenvalue weighted by atomic mass is 35.5. The van der Waals surface area contributed by atoms with Crippen LogP contribution < -0.4 is 5.73 Å². The van der Waals surface area contributed by atoms with Crippen LogP contribution in [0.2, 0.25) is 0 Å². The molecule has 20 heavy (non-hydrogen) atoms. The van der Waals surface area contributed by atoms with Gasteiger partial charge in [0, 0.05) is 22.7 Å². The van der Waals surface area contributed by atoms with Gasteiger partial charge in [-0.1, -0.05) is 48.5 Å². The maximum Gasteiger partial charge on any atom is 0.149 e. The van der Waals surface area contributed by atoms with Gasteiger partial charge in [0.1, 0.15) is 11.8 Å². The predicted molar refractivity (Wildman–Crippen MR) is 83.0 cm³/mol. The van der Waals surface area contributed by atoms with Crippen molar-refractivity contribution >= 4 is 29.6 Å². The van der Waals surface area contributed by atoms with E-state index in [1.165, 1.54) is 0 Å². The van der Waals surface area contributed by atoms with Crippen LogP contribution in [0.5, 0.6) is 0 Å². The van der Waals surface area contributed by atoms with Crippen LogP contribution in [0.3, 0.4) is 0 Å². The Morgan fingerprint density at radius 3 is 2.35 bits per heavy atom. The van der Waals surface area contributed by atoms with Crippen LogP contribution in [0.15, 0.2) is 60.8 Å². The molecule has 0 amide bonds. The summed E-state index contributed by atoms with van der Waals surface area (Å²) in [5, 5.41) is 0.973. The molecule has 0 aliphatic rings. The lowest BCUT2D eigenvalue weighted by Gasteiger charge is -2.23. The third-order valence-electron chi connectivity index (χ3n) is 3.47. The van der Waals surface area contributed by atoms with Crippen molar-refractivity contribution in [2.75, 3.05) is 0 Å². The number of fused-ring (bicyclic) bond motifs is 1. The van der Waals surface area contributed by atoms with Gasteiger partial charge in [-0.2, -0.15) is 0 Å². The van der Waals surface area contributed by atoms with Gasteiger partial charge in [-0.3, -0.25) is 0 Å². The summed E-state index contributed by atoms with van der Waals surface area (Å²) >= 11 is 0. The van der Waals surface area contributed by atoms with E-state index >= 15 is 0 Å². The molecule has 1 heterocycles. The van der Waals surface area contributed by atoms with Crippen molar-refractivity contribution in [2.45, 2.75) is 5.54 Å². The van der Waals surface area contributed by atoms with Crippen molar-refractivity contribution in [3.8, 4) is 0 Å². The monoisotopic (exact) mass is 286 g/mol. The van der Waals surface area contributed by atoms with Crippen LogP contribution >= 0.6 is 12.4 Å². The summed E-state index contributed by atoms with van der Waals surface area (Å²) in [6.45, 7) is 0. The summed E-state index contributed by atoms with van der Waals surface area (Å²) in [6.07, 6.45) is 2.62. The lowest BCUT2D eigenvalue weighted by molar-refractivity contribution is -0.111. The molecule has 3 rings (SSSR count).